The fourth-order valence-electron chi connectivity index (χ4n) is 1.43. The molecule has 4 heteroatoms. The van der Waals surface area contributed by atoms with Gasteiger partial charge in [-0.3, -0.25) is 4.79 Å². The van der Waals surface area contributed by atoms with Crippen molar-refractivity contribution in [2.24, 2.45) is 0 Å². The number of carbonyl (C=O) groups is 1. The maximum Gasteiger partial charge on any atom is 0.310 e. The minimum absolute atomic E-state index is 0.532. The van der Waals surface area contributed by atoms with Crippen LogP contribution in [0.2, 0.25) is 0 Å². The number of benzene rings is 1. The number of ether oxygens (including phenoxy) is 2. The van der Waals surface area contributed by atoms with Crippen LogP contribution in [0.3, 0.4) is 0 Å². The van der Waals surface area contributed by atoms with Gasteiger partial charge in [-0.15, -0.1) is 0 Å². The SMILES string of the molecule is COc1cccc(OC)c1[C@H](C)C(=O)O. The van der Waals surface area contributed by atoms with Crippen LogP contribution in [0.4, 0.5) is 0 Å². The molecule has 1 atom stereocenters. The molecule has 0 heterocycles. The van der Waals surface area contributed by atoms with Crippen LogP contribution in [0.15, 0.2) is 18.2 Å². The zero-order valence-corrected chi connectivity index (χ0v) is 8.98. The summed E-state index contributed by atoms with van der Waals surface area (Å²) in [4.78, 5) is 10.9. The summed E-state index contributed by atoms with van der Waals surface area (Å²) in [6.45, 7) is 1.60. The van der Waals surface area contributed by atoms with Gasteiger partial charge < -0.3 is 14.6 Å². The van der Waals surface area contributed by atoms with Crippen molar-refractivity contribution in [2.45, 2.75) is 12.8 Å². The molecule has 0 aliphatic heterocycles. The van der Waals surface area contributed by atoms with Crippen molar-refractivity contribution in [3.63, 3.8) is 0 Å². The van der Waals surface area contributed by atoms with Crippen LogP contribution in [0.25, 0.3) is 0 Å². The summed E-state index contributed by atoms with van der Waals surface area (Å²) in [7, 11) is 3.01. The van der Waals surface area contributed by atoms with E-state index >= 15 is 0 Å². The Labute approximate surface area is 88.4 Å². The number of carboxylic acid groups (broad SMARTS) is 1. The third-order valence-electron chi connectivity index (χ3n) is 2.27. The molecule has 4 nitrogen and oxygen atoms in total. The molecule has 1 aromatic carbocycles. The second-order valence-corrected chi connectivity index (χ2v) is 3.14. The van der Waals surface area contributed by atoms with E-state index in [9.17, 15) is 4.79 Å². The predicted molar refractivity (Wildman–Crippen MR) is 55.6 cm³/mol. The van der Waals surface area contributed by atoms with E-state index in [1.54, 1.807) is 25.1 Å². The molecular formula is C11H14O4. The predicted octanol–water partition coefficient (Wildman–Crippen LogP) is 1.89. The topological polar surface area (TPSA) is 55.8 Å². The van der Waals surface area contributed by atoms with Crippen molar-refractivity contribution in [1.82, 2.24) is 0 Å². The summed E-state index contributed by atoms with van der Waals surface area (Å²) in [5.41, 5.74) is 0.565. The molecule has 0 radical (unpaired) electrons. The smallest absolute Gasteiger partial charge is 0.310 e. The van der Waals surface area contributed by atoms with Gasteiger partial charge in [0.05, 0.1) is 25.7 Å². The highest BCUT2D eigenvalue weighted by atomic mass is 16.5. The number of aliphatic carboxylic acids is 1. The molecule has 0 aliphatic carbocycles. The number of methoxy groups -OCH3 is 2. The van der Waals surface area contributed by atoms with Gasteiger partial charge in [-0.05, 0) is 19.1 Å². The number of hydrogen-bond acceptors (Lipinski definition) is 3. The van der Waals surface area contributed by atoms with Crippen molar-refractivity contribution >= 4 is 5.97 Å². The van der Waals surface area contributed by atoms with Crippen molar-refractivity contribution < 1.29 is 19.4 Å². The van der Waals surface area contributed by atoms with Crippen molar-refractivity contribution in [1.29, 1.82) is 0 Å². The van der Waals surface area contributed by atoms with E-state index in [0.717, 1.165) is 0 Å². The average molecular weight is 210 g/mol. The van der Waals surface area contributed by atoms with Crippen LogP contribution in [0, 0.1) is 0 Å². The maximum atomic E-state index is 10.9. The monoisotopic (exact) mass is 210 g/mol. The van der Waals surface area contributed by atoms with Crippen molar-refractivity contribution in [2.75, 3.05) is 14.2 Å². The summed E-state index contributed by atoms with van der Waals surface area (Å²) in [5.74, 6) is -0.498. The first-order valence-electron chi connectivity index (χ1n) is 4.55. The van der Waals surface area contributed by atoms with Crippen LogP contribution in [-0.4, -0.2) is 25.3 Å². The van der Waals surface area contributed by atoms with Crippen molar-refractivity contribution in [3.8, 4) is 11.5 Å². The van der Waals surface area contributed by atoms with Crippen LogP contribution < -0.4 is 9.47 Å². The van der Waals surface area contributed by atoms with Crippen LogP contribution >= 0.6 is 0 Å². The van der Waals surface area contributed by atoms with E-state index in [-0.39, 0.29) is 0 Å². The van der Waals surface area contributed by atoms with Gasteiger partial charge in [0, 0.05) is 0 Å². The van der Waals surface area contributed by atoms with E-state index in [2.05, 4.69) is 0 Å². The quantitative estimate of drug-likeness (QED) is 0.824. The molecule has 0 fully saturated rings. The van der Waals surface area contributed by atoms with Crippen LogP contribution in [0.5, 0.6) is 11.5 Å². The van der Waals surface area contributed by atoms with Gasteiger partial charge >= 0.3 is 5.97 Å². The molecule has 1 aromatic rings. The third-order valence-corrected chi connectivity index (χ3v) is 2.27. The first kappa shape index (κ1) is 11.4. The van der Waals surface area contributed by atoms with Crippen LogP contribution in [0.1, 0.15) is 18.4 Å². The van der Waals surface area contributed by atoms with Gasteiger partial charge in [0.1, 0.15) is 11.5 Å². The lowest BCUT2D eigenvalue weighted by Gasteiger charge is -2.15. The van der Waals surface area contributed by atoms with Gasteiger partial charge in [0.15, 0.2) is 0 Å². The van der Waals surface area contributed by atoms with Crippen LogP contribution in [-0.2, 0) is 4.79 Å². The lowest BCUT2D eigenvalue weighted by atomic mass is 9.99. The summed E-state index contributed by atoms with van der Waals surface area (Å²) >= 11 is 0. The summed E-state index contributed by atoms with van der Waals surface area (Å²) in [6, 6.07) is 5.20. The van der Waals surface area contributed by atoms with Gasteiger partial charge in [-0.2, -0.15) is 0 Å². The first-order valence-corrected chi connectivity index (χ1v) is 4.55. The molecule has 1 N–H and O–H groups in total. The molecule has 15 heavy (non-hydrogen) atoms. The average Bonchev–Trinajstić information content (AvgIpc) is 2.26. The Balaban J connectivity index is 3.27. The van der Waals surface area contributed by atoms with E-state index in [4.69, 9.17) is 14.6 Å². The standard InChI is InChI=1S/C11H14O4/c1-7(11(12)13)10-8(14-2)5-4-6-9(10)15-3/h4-7H,1-3H3,(H,12,13)/t7-/m0/s1. The molecular weight excluding hydrogens is 196 g/mol. The Morgan fingerprint density at radius 3 is 2.07 bits per heavy atom. The minimum Gasteiger partial charge on any atom is -0.496 e. The van der Waals surface area contributed by atoms with E-state index < -0.39 is 11.9 Å². The van der Waals surface area contributed by atoms with Gasteiger partial charge in [0.25, 0.3) is 0 Å². The summed E-state index contributed by atoms with van der Waals surface area (Å²) < 4.78 is 10.2. The van der Waals surface area contributed by atoms with Gasteiger partial charge in [-0.1, -0.05) is 6.07 Å². The molecule has 0 bridgehead atoms. The molecule has 0 saturated heterocycles. The van der Waals surface area contributed by atoms with E-state index in [1.807, 2.05) is 0 Å². The first-order chi connectivity index (χ1) is 7.11. The number of hydrogen-bond donors (Lipinski definition) is 1. The minimum atomic E-state index is -0.905. The lowest BCUT2D eigenvalue weighted by Crippen LogP contribution is -2.10. The molecule has 0 spiro atoms. The number of rotatable bonds is 4. The third kappa shape index (κ3) is 2.21. The maximum absolute atomic E-state index is 10.9. The zero-order valence-electron chi connectivity index (χ0n) is 8.98. The Kier molecular flexibility index (Phi) is 3.55. The second-order valence-electron chi connectivity index (χ2n) is 3.14. The Bertz CT molecular complexity index is 337. The zero-order chi connectivity index (χ0) is 11.4. The van der Waals surface area contributed by atoms with E-state index in [0.29, 0.717) is 17.1 Å². The highest BCUT2D eigenvalue weighted by molar-refractivity contribution is 5.78. The molecule has 0 aliphatic rings. The fraction of sp³-hybridized carbons (Fsp3) is 0.364. The molecule has 0 unspecified atom stereocenters. The fourth-order valence-corrected chi connectivity index (χ4v) is 1.43. The highest BCUT2D eigenvalue weighted by Gasteiger charge is 2.22. The molecule has 1 rings (SSSR count). The Morgan fingerprint density at radius 2 is 1.73 bits per heavy atom. The lowest BCUT2D eigenvalue weighted by molar-refractivity contribution is -0.138. The second kappa shape index (κ2) is 4.68. The van der Waals surface area contributed by atoms with Gasteiger partial charge in [-0.25, -0.2) is 0 Å². The molecule has 82 valence electrons. The summed E-state index contributed by atoms with van der Waals surface area (Å²) in [5, 5.41) is 8.96. The van der Waals surface area contributed by atoms with Crippen molar-refractivity contribution in [3.05, 3.63) is 23.8 Å². The number of carboxylic acids is 1. The highest BCUT2D eigenvalue weighted by Crippen LogP contribution is 2.34. The Hall–Kier alpha value is -1.71. The molecule has 0 amide bonds. The van der Waals surface area contributed by atoms with Gasteiger partial charge in [0.2, 0.25) is 0 Å². The normalized spacial score (nSPS) is 11.9. The molecule has 0 aromatic heterocycles. The largest absolute Gasteiger partial charge is 0.496 e. The molecule has 0 saturated carbocycles. The van der Waals surface area contributed by atoms with E-state index in [1.165, 1.54) is 14.2 Å². The summed E-state index contributed by atoms with van der Waals surface area (Å²) in [6.07, 6.45) is 0. The Morgan fingerprint density at radius 1 is 1.27 bits per heavy atom.